The summed E-state index contributed by atoms with van der Waals surface area (Å²) in [6.07, 6.45) is -0.207. The normalized spacial score (nSPS) is 10.6. The zero-order valence-electron chi connectivity index (χ0n) is 14.6. The molecule has 0 aliphatic heterocycles. The van der Waals surface area contributed by atoms with Crippen molar-refractivity contribution in [1.82, 2.24) is 9.78 Å². The summed E-state index contributed by atoms with van der Waals surface area (Å²) in [7, 11) is 0. The minimum Gasteiger partial charge on any atom is -0.429 e. The first-order valence-corrected chi connectivity index (χ1v) is 8.31. The van der Waals surface area contributed by atoms with Crippen LogP contribution in [0.1, 0.15) is 23.9 Å². The third kappa shape index (κ3) is 3.91. The molecule has 3 rings (SSSR count). The molecule has 0 amide bonds. The minimum atomic E-state index is -0.787. The Hall–Kier alpha value is -3.15. The van der Waals surface area contributed by atoms with E-state index in [1.165, 1.54) is 12.1 Å². The van der Waals surface area contributed by atoms with Gasteiger partial charge in [-0.15, -0.1) is 0 Å². The molecule has 1 heterocycles. The van der Waals surface area contributed by atoms with E-state index in [-0.39, 0.29) is 12.4 Å². The van der Waals surface area contributed by atoms with E-state index in [0.717, 1.165) is 5.56 Å². The molecular weight excluding hydrogens is 335 g/mol. The monoisotopic (exact) mass is 354 g/mol. The highest BCUT2D eigenvalue weighted by atomic mass is 19.1. The number of ether oxygens (including phenoxy) is 2. The SMILES string of the molecule is CCc1nn(-c2ccc(F)cc2)c(C)c1OC(=O)OCc1ccccc1. The van der Waals surface area contributed by atoms with Crippen LogP contribution in [0, 0.1) is 12.7 Å². The van der Waals surface area contributed by atoms with E-state index in [0.29, 0.717) is 29.2 Å². The van der Waals surface area contributed by atoms with Crippen LogP contribution in [0.25, 0.3) is 5.69 Å². The lowest BCUT2D eigenvalue weighted by Crippen LogP contribution is -2.11. The van der Waals surface area contributed by atoms with Crippen molar-refractivity contribution in [3.8, 4) is 11.4 Å². The van der Waals surface area contributed by atoms with Crippen molar-refractivity contribution in [3.05, 3.63) is 77.4 Å². The first-order valence-electron chi connectivity index (χ1n) is 8.31. The van der Waals surface area contributed by atoms with Gasteiger partial charge < -0.3 is 9.47 Å². The summed E-state index contributed by atoms with van der Waals surface area (Å²) < 4.78 is 25.3. The average Bonchev–Trinajstić information content (AvgIpc) is 2.97. The van der Waals surface area contributed by atoms with E-state index >= 15 is 0 Å². The Morgan fingerprint density at radius 3 is 2.46 bits per heavy atom. The molecule has 1 aromatic heterocycles. The molecule has 0 saturated carbocycles. The number of aromatic nitrogens is 2. The van der Waals surface area contributed by atoms with Crippen LogP contribution in [-0.2, 0) is 17.8 Å². The van der Waals surface area contributed by atoms with Gasteiger partial charge in [-0.25, -0.2) is 13.9 Å². The second-order valence-electron chi connectivity index (χ2n) is 5.73. The van der Waals surface area contributed by atoms with Gasteiger partial charge in [0.05, 0.1) is 11.4 Å². The lowest BCUT2D eigenvalue weighted by Gasteiger charge is -2.07. The van der Waals surface area contributed by atoms with E-state index in [1.54, 1.807) is 23.7 Å². The van der Waals surface area contributed by atoms with Crippen molar-refractivity contribution in [2.75, 3.05) is 0 Å². The summed E-state index contributed by atoms with van der Waals surface area (Å²) in [5, 5.41) is 4.46. The Kier molecular flexibility index (Phi) is 5.31. The van der Waals surface area contributed by atoms with Crippen LogP contribution in [0.2, 0.25) is 0 Å². The summed E-state index contributed by atoms with van der Waals surface area (Å²) >= 11 is 0. The Morgan fingerprint density at radius 2 is 1.81 bits per heavy atom. The lowest BCUT2D eigenvalue weighted by atomic mass is 10.2. The molecule has 134 valence electrons. The Morgan fingerprint density at radius 1 is 1.12 bits per heavy atom. The summed E-state index contributed by atoms with van der Waals surface area (Å²) in [5.41, 5.74) is 2.83. The molecule has 0 spiro atoms. The van der Waals surface area contributed by atoms with Gasteiger partial charge in [-0.05, 0) is 43.2 Å². The summed E-state index contributed by atoms with van der Waals surface area (Å²) in [6, 6.07) is 15.3. The predicted molar refractivity (Wildman–Crippen MR) is 94.9 cm³/mol. The topological polar surface area (TPSA) is 53.4 Å². The molecule has 0 aliphatic rings. The second-order valence-corrected chi connectivity index (χ2v) is 5.73. The molecular formula is C20H19FN2O3. The molecule has 0 saturated heterocycles. The highest BCUT2D eigenvalue weighted by molar-refractivity contribution is 5.65. The van der Waals surface area contributed by atoms with Gasteiger partial charge in [0.1, 0.15) is 18.1 Å². The highest BCUT2D eigenvalue weighted by Gasteiger charge is 2.20. The van der Waals surface area contributed by atoms with Crippen molar-refractivity contribution in [2.45, 2.75) is 26.9 Å². The number of rotatable bonds is 5. The van der Waals surface area contributed by atoms with E-state index in [2.05, 4.69) is 5.10 Å². The fourth-order valence-corrected chi connectivity index (χ4v) is 2.57. The lowest BCUT2D eigenvalue weighted by molar-refractivity contribution is 0.0922. The first-order chi connectivity index (χ1) is 12.6. The molecule has 0 N–H and O–H groups in total. The van der Waals surface area contributed by atoms with Gasteiger partial charge in [0.25, 0.3) is 0 Å². The molecule has 0 bridgehead atoms. The van der Waals surface area contributed by atoms with Crippen molar-refractivity contribution >= 4 is 6.16 Å². The highest BCUT2D eigenvalue weighted by Crippen LogP contribution is 2.27. The Bertz CT molecular complexity index is 889. The van der Waals surface area contributed by atoms with Gasteiger partial charge in [0, 0.05) is 0 Å². The van der Waals surface area contributed by atoms with Crippen molar-refractivity contribution < 1.29 is 18.7 Å². The number of benzene rings is 2. The fourth-order valence-electron chi connectivity index (χ4n) is 2.57. The number of carbonyl (C=O) groups excluding carboxylic acids is 1. The van der Waals surface area contributed by atoms with E-state index in [1.807, 2.05) is 37.3 Å². The van der Waals surface area contributed by atoms with Crippen LogP contribution in [0.4, 0.5) is 9.18 Å². The number of carbonyl (C=O) groups is 1. The van der Waals surface area contributed by atoms with Crippen molar-refractivity contribution in [3.63, 3.8) is 0 Å². The maximum atomic E-state index is 13.1. The van der Waals surface area contributed by atoms with E-state index in [4.69, 9.17) is 9.47 Å². The zero-order chi connectivity index (χ0) is 18.5. The maximum absolute atomic E-state index is 13.1. The van der Waals surface area contributed by atoms with Crippen molar-refractivity contribution in [1.29, 1.82) is 0 Å². The molecule has 6 heteroatoms. The van der Waals surface area contributed by atoms with Gasteiger partial charge in [0.2, 0.25) is 0 Å². The minimum absolute atomic E-state index is 0.131. The maximum Gasteiger partial charge on any atom is 0.514 e. The van der Waals surface area contributed by atoms with E-state index in [9.17, 15) is 9.18 Å². The van der Waals surface area contributed by atoms with Crippen LogP contribution in [-0.4, -0.2) is 15.9 Å². The number of hydrogen-bond acceptors (Lipinski definition) is 4. The largest absolute Gasteiger partial charge is 0.514 e. The number of nitrogens with zero attached hydrogens (tertiary/aromatic N) is 2. The standard InChI is InChI=1S/C20H19FN2O3/c1-3-18-19(26-20(24)25-13-15-7-5-4-6-8-15)14(2)23(22-18)17-11-9-16(21)10-12-17/h4-12H,3,13H2,1-2H3. The van der Waals surface area contributed by atoms with Crippen LogP contribution < -0.4 is 4.74 Å². The van der Waals surface area contributed by atoms with Crippen LogP contribution >= 0.6 is 0 Å². The van der Waals surface area contributed by atoms with Gasteiger partial charge in [0.15, 0.2) is 5.75 Å². The summed E-state index contributed by atoms with van der Waals surface area (Å²) in [4.78, 5) is 12.1. The molecule has 0 unspecified atom stereocenters. The van der Waals surface area contributed by atoms with Gasteiger partial charge in [-0.3, -0.25) is 0 Å². The fraction of sp³-hybridized carbons (Fsp3) is 0.200. The summed E-state index contributed by atoms with van der Waals surface area (Å²) in [6.45, 7) is 3.83. The average molecular weight is 354 g/mol. The quantitative estimate of drug-likeness (QED) is 0.629. The zero-order valence-corrected chi connectivity index (χ0v) is 14.6. The predicted octanol–water partition coefficient (Wildman–Crippen LogP) is 4.60. The molecule has 2 aromatic carbocycles. The van der Waals surface area contributed by atoms with Crippen LogP contribution in [0.3, 0.4) is 0 Å². The number of hydrogen-bond donors (Lipinski definition) is 0. The molecule has 3 aromatic rings. The first kappa shape index (κ1) is 17.7. The second kappa shape index (κ2) is 7.82. The Labute approximate surface area is 151 Å². The van der Waals surface area contributed by atoms with Gasteiger partial charge >= 0.3 is 6.16 Å². The summed E-state index contributed by atoms with van der Waals surface area (Å²) in [5.74, 6) is 0.0464. The van der Waals surface area contributed by atoms with Gasteiger partial charge in [-0.1, -0.05) is 37.3 Å². The molecule has 0 fully saturated rings. The third-order valence-corrected chi connectivity index (χ3v) is 3.92. The van der Waals surface area contributed by atoms with Crippen molar-refractivity contribution in [2.24, 2.45) is 0 Å². The van der Waals surface area contributed by atoms with Crippen LogP contribution in [0.5, 0.6) is 5.75 Å². The smallest absolute Gasteiger partial charge is 0.429 e. The third-order valence-electron chi connectivity index (χ3n) is 3.92. The molecule has 0 radical (unpaired) electrons. The van der Waals surface area contributed by atoms with Gasteiger partial charge in [-0.2, -0.15) is 5.10 Å². The van der Waals surface area contributed by atoms with E-state index < -0.39 is 6.16 Å². The molecule has 5 nitrogen and oxygen atoms in total. The number of aryl methyl sites for hydroxylation is 1. The van der Waals surface area contributed by atoms with Crippen LogP contribution in [0.15, 0.2) is 54.6 Å². The molecule has 26 heavy (non-hydrogen) atoms. The number of halogens is 1. The molecule has 0 aliphatic carbocycles. The molecule has 0 atom stereocenters. The Balaban J connectivity index is 1.76.